The molecule has 3 nitrogen and oxygen atoms in total. The first-order valence-electron chi connectivity index (χ1n) is 4.03. The van der Waals surface area contributed by atoms with Gasteiger partial charge in [-0.1, -0.05) is 0 Å². The van der Waals surface area contributed by atoms with Crippen LogP contribution < -0.4 is 10.5 Å². The summed E-state index contributed by atoms with van der Waals surface area (Å²) >= 11 is 0. The third kappa shape index (κ3) is 2.69. The second-order valence-electron chi connectivity index (χ2n) is 2.91. The van der Waals surface area contributed by atoms with Gasteiger partial charge in [-0.05, 0) is 6.92 Å². The van der Waals surface area contributed by atoms with Crippen molar-refractivity contribution in [3.05, 3.63) is 29.6 Å². The molecule has 0 unspecified atom stereocenters. The number of rotatable bonds is 2. The van der Waals surface area contributed by atoms with Crippen LogP contribution in [0.25, 0.3) is 0 Å². The van der Waals surface area contributed by atoms with E-state index < -0.39 is 35.2 Å². The van der Waals surface area contributed by atoms with E-state index in [-0.39, 0.29) is 0 Å². The number of benzene rings is 1. The molecule has 0 aromatic heterocycles. The van der Waals surface area contributed by atoms with Crippen LogP contribution in [0.1, 0.15) is 6.92 Å². The van der Waals surface area contributed by atoms with Gasteiger partial charge in [0.05, 0.1) is 0 Å². The van der Waals surface area contributed by atoms with Gasteiger partial charge in [-0.15, -0.1) is 0 Å². The Morgan fingerprint density at radius 2 is 1.80 bits per heavy atom. The molecule has 0 saturated heterocycles. The zero-order chi connectivity index (χ0) is 11.6. The van der Waals surface area contributed by atoms with E-state index in [4.69, 9.17) is 5.73 Å². The van der Waals surface area contributed by atoms with Gasteiger partial charge in [-0.3, -0.25) is 0 Å². The van der Waals surface area contributed by atoms with Crippen molar-refractivity contribution in [3.8, 4) is 5.75 Å². The minimum atomic E-state index is -1.35. The molecule has 0 radical (unpaired) electrons. The molecule has 1 aromatic rings. The lowest BCUT2D eigenvalue weighted by Crippen LogP contribution is -2.31. The fourth-order valence-corrected chi connectivity index (χ4v) is 0.784. The number of halogens is 3. The lowest BCUT2D eigenvalue weighted by Gasteiger charge is -2.07. The largest absolute Gasteiger partial charge is 0.422 e. The Labute approximate surface area is 83.6 Å². The molecule has 1 rings (SSSR count). The molecule has 0 aliphatic rings. The summed E-state index contributed by atoms with van der Waals surface area (Å²) in [4.78, 5) is 10.9. The van der Waals surface area contributed by atoms with Crippen molar-refractivity contribution in [1.82, 2.24) is 0 Å². The monoisotopic (exact) mass is 219 g/mol. The van der Waals surface area contributed by atoms with E-state index in [1.807, 2.05) is 0 Å². The van der Waals surface area contributed by atoms with Crippen molar-refractivity contribution < 1.29 is 22.7 Å². The van der Waals surface area contributed by atoms with Crippen LogP contribution in [0.4, 0.5) is 13.2 Å². The summed E-state index contributed by atoms with van der Waals surface area (Å²) in [6.07, 6.45) is 0. The minimum Gasteiger partial charge on any atom is -0.422 e. The summed E-state index contributed by atoms with van der Waals surface area (Å²) in [7, 11) is 0. The van der Waals surface area contributed by atoms with Crippen molar-refractivity contribution in [2.24, 2.45) is 5.73 Å². The Morgan fingerprint density at radius 1 is 1.27 bits per heavy atom. The number of esters is 1. The summed E-state index contributed by atoms with van der Waals surface area (Å²) in [6, 6.07) is -0.234. The van der Waals surface area contributed by atoms with Gasteiger partial charge in [0, 0.05) is 12.1 Å². The number of carbonyl (C=O) groups excluding carboxylic acids is 1. The Hall–Kier alpha value is -1.56. The highest BCUT2D eigenvalue weighted by Gasteiger charge is 2.16. The van der Waals surface area contributed by atoms with Crippen LogP contribution in [0.15, 0.2) is 12.1 Å². The number of hydrogen-bond acceptors (Lipinski definition) is 3. The highest BCUT2D eigenvalue weighted by Crippen LogP contribution is 2.20. The molecular formula is C9H8F3NO2. The summed E-state index contributed by atoms with van der Waals surface area (Å²) in [5, 5.41) is 0. The maximum atomic E-state index is 12.9. The molecular weight excluding hydrogens is 211 g/mol. The molecule has 0 heterocycles. The van der Waals surface area contributed by atoms with Gasteiger partial charge in [-0.25, -0.2) is 18.0 Å². The SMILES string of the molecule is C[C@H](N)C(=O)Oc1cc(F)c(F)cc1F. The number of nitrogens with two attached hydrogens (primary N) is 1. The molecule has 0 amide bonds. The fourth-order valence-electron chi connectivity index (χ4n) is 0.784. The Morgan fingerprint density at radius 3 is 2.33 bits per heavy atom. The van der Waals surface area contributed by atoms with E-state index in [1.54, 1.807) is 0 Å². The summed E-state index contributed by atoms with van der Waals surface area (Å²) in [5.41, 5.74) is 5.14. The maximum absolute atomic E-state index is 12.9. The zero-order valence-corrected chi connectivity index (χ0v) is 7.76. The molecule has 0 aliphatic carbocycles. The summed E-state index contributed by atoms with van der Waals surface area (Å²) < 4.78 is 42.4. The lowest BCUT2D eigenvalue weighted by molar-refractivity contribution is -0.135. The minimum absolute atomic E-state index is 0.291. The van der Waals surface area contributed by atoms with Gasteiger partial charge in [0.15, 0.2) is 23.2 Å². The van der Waals surface area contributed by atoms with Gasteiger partial charge < -0.3 is 10.5 Å². The third-order valence-electron chi connectivity index (χ3n) is 1.56. The fraction of sp³-hybridized carbons (Fsp3) is 0.222. The molecule has 6 heteroatoms. The first-order chi connectivity index (χ1) is 6.91. The molecule has 2 N–H and O–H groups in total. The lowest BCUT2D eigenvalue weighted by atomic mass is 10.3. The number of carbonyl (C=O) groups is 1. The number of ether oxygens (including phenoxy) is 1. The van der Waals surface area contributed by atoms with E-state index in [9.17, 15) is 18.0 Å². The molecule has 82 valence electrons. The van der Waals surface area contributed by atoms with Crippen LogP contribution in [0.5, 0.6) is 5.75 Å². The van der Waals surface area contributed by atoms with Crippen molar-refractivity contribution >= 4 is 5.97 Å². The van der Waals surface area contributed by atoms with Gasteiger partial charge >= 0.3 is 5.97 Å². The van der Waals surface area contributed by atoms with Crippen LogP contribution in [0.3, 0.4) is 0 Å². The van der Waals surface area contributed by atoms with Crippen LogP contribution >= 0.6 is 0 Å². The van der Waals surface area contributed by atoms with Crippen molar-refractivity contribution in [3.63, 3.8) is 0 Å². The Kier molecular flexibility index (Phi) is 3.31. The van der Waals surface area contributed by atoms with Crippen molar-refractivity contribution in [1.29, 1.82) is 0 Å². The second-order valence-corrected chi connectivity index (χ2v) is 2.91. The van der Waals surface area contributed by atoms with E-state index in [0.29, 0.717) is 12.1 Å². The topological polar surface area (TPSA) is 52.3 Å². The molecule has 15 heavy (non-hydrogen) atoms. The van der Waals surface area contributed by atoms with Gasteiger partial charge in [0.25, 0.3) is 0 Å². The highest BCUT2D eigenvalue weighted by atomic mass is 19.2. The third-order valence-corrected chi connectivity index (χ3v) is 1.56. The standard InChI is InChI=1S/C9H8F3NO2/c1-4(13)9(14)15-8-3-6(11)5(10)2-7(8)12/h2-4H,13H2,1H3/t4-/m0/s1. The van der Waals surface area contributed by atoms with E-state index >= 15 is 0 Å². The van der Waals surface area contributed by atoms with Crippen molar-refractivity contribution in [2.45, 2.75) is 13.0 Å². The first-order valence-corrected chi connectivity index (χ1v) is 4.03. The zero-order valence-electron chi connectivity index (χ0n) is 7.76. The average molecular weight is 219 g/mol. The molecule has 0 spiro atoms. The quantitative estimate of drug-likeness (QED) is 0.464. The molecule has 1 atom stereocenters. The van der Waals surface area contributed by atoms with E-state index in [1.165, 1.54) is 6.92 Å². The molecule has 0 fully saturated rings. The normalized spacial score (nSPS) is 12.3. The van der Waals surface area contributed by atoms with Gasteiger partial charge in [0.2, 0.25) is 0 Å². The van der Waals surface area contributed by atoms with E-state index in [2.05, 4.69) is 4.74 Å². The van der Waals surface area contributed by atoms with E-state index in [0.717, 1.165) is 0 Å². The molecule has 1 aromatic carbocycles. The van der Waals surface area contributed by atoms with Crippen LogP contribution in [-0.4, -0.2) is 12.0 Å². The Bertz CT molecular complexity index is 393. The Balaban J connectivity index is 2.96. The highest BCUT2D eigenvalue weighted by molar-refractivity contribution is 5.77. The molecule has 0 aliphatic heterocycles. The second kappa shape index (κ2) is 4.31. The average Bonchev–Trinajstić information content (AvgIpc) is 2.13. The van der Waals surface area contributed by atoms with Crippen molar-refractivity contribution in [2.75, 3.05) is 0 Å². The van der Waals surface area contributed by atoms with Gasteiger partial charge in [-0.2, -0.15) is 0 Å². The van der Waals surface area contributed by atoms with Crippen LogP contribution in [-0.2, 0) is 4.79 Å². The maximum Gasteiger partial charge on any atom is 0.328 e. The number of hydrogen-bond donors (Lipinski definition) is 1. The summed E-state index contributed by atoms with van der Waals surface area (Å²) in [5.74, 6) is -5.43. The van der Waals surface area contributed by atoms with Gasteiger partial charge in [0.1, 0.15) is 6.04 Å². The molecule has 0 saturated carbocycles. The molecule has 0 bridgehead atoms. The van der Waals surface area contributed by atoms with Crippen LogP contribution in [0.2, 0.25) is 0 Å². The predicted octanol–water partition coefficient (Wildman–Crippen LogP) is 1.36. The smallest absolute Gasteiger partial charge is 0.328 e. The first kappa shape index (κ1) is 11.5. The van der Waals surface area contributed by atoms with Crippen LogP contribution in [0, 0.1) is 17.5 Å². The predicted molar refractivity (Wildman–Crippen MR) is 45.6 cm³/mol. The summed E-state index contributed by atoms with van der Waals surface area (Å²) in [6.45, 7) is 1.32.